The lowest BCUT2D eigenvalue weighted by molar-refractivity contribution is 0.564. The normalized spacial score (nSPS) is 14.0. The molecule has 0 amide bonds. The third-order valence-electron chi connectivity index (χ3n) is 2.25. The molecule has 0 radical (unpaired) electrons. The molecule has 0 aromatic heterocycles. The van der Waals surface area contributed by atoms with Crippen LogP contribution in [0.25, 0.3) is 0 Å². The second-order valence-electron chi connectivity index (χ2n) is 4.37. The van der Waals surface area contributed by atoms with Crippen LogP contribution in [0.2, 0.25) is 0 Å². The SMILES string of the molecule is CC(C)NS(=O)(=O)CC(C)c1ccccc1. The zero-order chi connectivity index (χ0) is 12.2. The Morgan fingerprint density at radius 2 is 1.69 bits per heavy atom. The predicted octanol–water partition coefficient (Wildman–Crippen LogP) is 2.12. The molecule has 0 spiro atoms. The maximum Gasteiger partial charge on any atom is 0.212 e. The second-order valence-corrected chi connectivity index (χ2v) is 6.16. The van der Waals surface area contributed by atoms with Crippen LogP contribution in [0.3, 0.4) is 0 Å². The Hall–Kier alpha value is -0.870. The van der Waals surface area contributed by atoms with Crippen molar-refractivity contribution in [3.8, 4) is 0 Å². The minimum atomic E-state index is -3.18. The Balaban J connectivity index is 2.68. The summed E-state index contributed by atoms with van der Waals surface area (Å²) in [7, 11) is -3.18. The molecule has 1 aromatic rings. The topological polar surface area (TPSA) is 46.2 Å². The highest BCUT2D eigenvalue weighted by molar-refractivity contribution is 7.89. The summed E-state index contributed by atoms with van der Waals surface area (Å²) >= 11 is 0. The lowest BCUT2D eigenvalue weighted by atomic mass is 10.0. The van der Waals surface area contributed by atoms with E-state index in [9.17, 15) is 8.42 Å². The first-order valence-corrected chi connectivity index (χ1v) is 7.11. The zero-order valence-electron chi connectivity index (χ0n) is 9.97. The van der Waals surface area contributed by atoms with Crippen molar-refractivity contribution in [2.24, 2.45) is 0 Å². The number of rotatable bonds is 5. The van der Waals surface area contributed by atoms with Gasteiger partial charge in [-0.15, -0.1) is 0 Å². The summed E-state index contributed by atoms with van der Waals surface area (Å²) in [5.41, 5.74) is 1.05. The van der Waals surface area contributed by atoms with E-state index in [0.717, 1.165) is 5.56 Å². The largest absolute Gasteiger partial charge is 0.213 e. The van der Waals surface area contributed by atoms with Gasteiger partial charge in [-0.25, -0.2) is 13.1 Å². The summed E-state index contributed by atoms with van der Waals surface area (Å²) in [4.78, 5) is 0. The van der Waals surface area contributed by atoms with Crippen molar-refractivity contribution in [1.29, 1.82) is 0 Å². The van der Waals surface area contributed by atoms with Gasteiger partial charge in [-0.2, -0.15) is 0 Å². The van der Waals surface area contributed by atoms with Crippen molar-refractivity contribution in [2.45, 2.75) is 32.7 Å². The van der Waals surface area contributed by atoms with Crippen molar-refractivity contribution < 1.29 is 8.42 Å². The molecule has 90 valence electrons. The highest BCUT2D eigenvalue weighted by Gasteiger charge is 2.17. The Kier molecular flexibility index (Phi) is 4.50. The van der Waals surface area contributed by atoms with Crippen LogP contribution in [-0.2, 0) is 10.0 Å². The molecular weight excluding hydrogens is 222 g/mol. The molecule has 0 aliphatic carbocycles. The Bertz CT molecular complexity index is 412. The van der Waals surface area contributed by atoms with E-state index in [2.05, 4.69) is 4.72 Å². The fraction of sp³-hybridized carbons (Fsp3) is 0.500. The molecule has 1 unspecified atom stereocenters. The minimum Gasteiger partial charge on any atom is -0.213 e. The second kappa shape index (κ2) is 5.46. The smallest absolute Gasteiger partial charge is 0.212 e. The molecule has 0 heterocycles. The van der Waals surface area contributed by atoms with Gasteiger partial charge in [-0.05, 0) is 25.3 Å². The lowest BCUT2D eigenvalue weighted by Gasteiger charge is -2.14. The molecule has 16 heavy (non-hydrogen) atoms. The van der Waals surface area contributed by atoms with E-state index < -0.39 is 10.0 Å². The molecule has 0 aliphatic heterocycles. The number of benzene rings is 1. The van der Waals surface area contributed by atoms with Gasteiger partial charge in [0, 0.05) is 6.04 Å². The van der Waals surface area contributed by atoms with E-state index >= 15 is 0 Å². The molecule has 0 bridgehead atoms. The van der Waals surface area contributed by atoms with Crippen LogP contribution in [0.4, 0.5) is 0 Å². The molecule has 4 heteroatoms. The highest BCUT2D eigenvalue weighted by atomic mass is 32.2. The fourth-order valence-electron chi connectivity index (χ4n) is 1.61. The Morgan fingerprint density at radius 1 is 1.12 bits per heavy atom. The molecule has 1 rings (SSSR count). The fourth-order valence-corrected chi connectivity index (χ4v) is 3.28. The molecule has 1 N–H and O–H groups in total. The van der Waals surface area contributed by atoms with Gasteiger partial charge in [0.1, 0.15) is 0 Å². The summed E-state index contributed by atoms with van der Waals surface area (Å²) in [6.45, 7) is 5.57. The van der Waals surface area contributed by atoms with Crippen LogP contribution in [-0.4, -0.2) is 20.2 Å². The van der Waals surface area contributed by atoms with E-state index in [-0.39, 0.29) is 17.7 Å². The maximum absolute atomic E-state index is 11.7. The molecule has 0 saturated heterocycles. The van der Waals surface area contributed by atoms with Crippen molar-refractivity contribution >= 4 is 10.0 Å². The standard InChI is InChI=1S/C12H19NO2S/c1-10(2)13-16(14,15)9-11(3)12-7-5-4-6-8-12/h4-8,10-11,13H,9H2,1-3H3. The van der Waals surface area contributed by atoms with Crippen LogP contribution in [0.5, 0.6) is 0 Å². The lowest BCUT2D eigenvalue weighted by Crippen LogP contribution is -2.33. The first-order valence-electron chi connectivity index (χ1n) is 5.45. The van der Waals surface area contributed by atoms with Crippen molar-refractivity contribution in [1.82, 2.24) is 4.72 Å². The number of hydrogen-bond acceptors (Lipinski definition) is 2. The maximum atomic E-state index is 11.7. The molecule has 0 fully saturated rings. The van der Waals surface area contributed by atoms with Gasteiger partial charge >= 0.3 is 0 Å². The van der Waals surface area contributed by atoms with Crippen LogP contribution in [0, 0.1) is 0 Å². The van der Waals surface area contributed by atoms with Crippen molar-refractivity contribution in [3.63, 3.8) is 0 Å². The third kappa shape index (κ3) is 4.33. The molecule has 1 atom stereocenters. The van der Waals surface area contributed by atoms with E-state index in [1.807, 2.05) is 51.1 Å². The highest BCUT2D eigenvalue weighted by Crippen LogP contribution is 2.16. The number of hydrogen-bond donors (Lipinski definition) is 1. The van der Waals surface area contributed by atoms with Crippen molar-refractivity contribution in [2.75, 3.05) is 5.75 Å². The predicted molar refractivity (Wildman–Crippen MR) is 66.9 cm³/mol. The van der Waals surface area contributed by atoms with Gasteiger partial charge in [0.25, 0.3) is 0 Å². The van der Waals surface area contributed by atoms with Crippen molar-refractivity contribution in [3.05, 3.63) is 35.9 Å². The zero-order valence-corrected chi connectivity index (χ0v) is 10.8. The number of nitrogens with one attached hydrogen (secondary N) is 1. The van der Waals surface area contributed by atoms with E-state index in [0.29, 0.717) is 0 Å². The van der Waals surface area contributed by atoms with E-state index in [4.69, 9.17) is 0 Å². The van der Waals surface area contributed by atoms with Gasteiger partial charge in [0.2, 0.25) is 10.0 Å². The average Bonchev–Trinajstić information content (AvgIpc) is 2.16. The van der Waals surface area contributed by atoms with Crippen LogP contribution in [0.1, 0.15) is 32.3 Å². The first-order chi connectivity index (χ1) is 7.41. The molecule has 1 aromatic carbocycles. The van der Waals surface area contributed by atoms with Gasteiger partial charge in [-0.3, -0.25) is 0 Å². The summed E-state index contributed by atoms with van der Waals surface area (Å²) in [5, 5.41) is 0. The van der Waals surface area contributed by atoms with Crippen LogP contribution in [0.15, 0.2) is 30.3 Å². The Morgan fingerprint density at radius 3 is 2.19 bits per heavy atom. The summed E-state index contributed by atoms with van der Waals surface area (Å²) in [6, 6.07) is 9.64. The van der Waals surface area contributed by atoms with Gasteiger partial charge in [0.05, 0.1) is 5.75 Å². The minimum absolute atomic E-state index is 0.0115. The van der Waals surface area contributed by atoms with E-state index in [1.54, 1.807) is 0 Å². The monoisotopic (exact) mass is 241 g/mol. The van der Waals surface area contributed by atoms with Crippen LogP contribution >= 0.6 is 0 Å². The van der Waals surface area contributed by atoms with Crippen LogP contribution < -0.4 is 4.72 Å². The Labute approximate surface area is 97.9 Å². The average molecular weight is 241 g/mol. The van der Waals surface area contributed by atoms with Gasteiger partial charge in [0.15, 0.2) is 0 Å². The van der Waals surface area contributed by atoms with E-state index in [1.165, 1.54) is 0 Å². The summed E-state index contributed by atoms with van der Waals surface area (Å²) in [5.74, 6) is 0.146. The quantitative estimate of drug-likeness (QED) is 0.858. The summed E-state index contributed by atoms with van der Waals surface area (Å²) < 4.78 is 26.0. The van der Waals surface area contributed by atoms with Gasteiger partial charge < -0.3 is 0 Å². The molecule has 0 aliphatic rings. The number of sulfonamides is 1. The molecule has 3 nitrogen and oxygen atoms in total. The van der Waals surface area contributed by atoms with Gasteiger partial charge in [-0.1, -0.05) is 37.3 Å². The third-order valence-corrected chi connectivity index (χ3v) is 4.02. The summed E-state index contributed by atoms with van der Waals surface area (Å²) in [6.07, 6.45) is 0. The molecular formula is C12H19NO2S. The first kappa shape index (κ1) is 13.2. The molecule has 0 saturated carbocycles.